The molecule has 0 aliphatic heterocycles. The number of fused-ring (bicyclic) bond motifs is 1. The Morgan fingerprint density at radius 3 is 2.80 bits per heavy atom. The van der Waals surface area contributed by atoms with Crippen LogP contribution in [-0.2, 0) is 6.54 Å². The van der Waals surface area contributed by atoms with Crippen LogP contribution in [0.4, 0.5) is 0 Å². The number of hydrogen-bond donors (Lipinski definition) is 2. The Kier molecular flexibility index (Phi) is 7.99. The first-order chi connectivity index (χ1) is 11.8. The van der Waals surface area contributed by atoms with Gasteiger partial charge in [-0.3, -0.25) is 4.99 Å². The number of nitrogens with one attached hydrogen (secondary N) is 2. The summed E-state index contributed by atoms with van der Waals surface area (Å²) in [5, 5.41) is 6.94. The fourth-order valence-corrected chi connectivity index (χ4v) is 3.48. The number of aliphatic imine (C=N–C) groups is 1. The molecule has 1 heterocycles. The Labute approximate surface area is 167 Å². The van der Waals surface area contributed by atoms with Crippen LogP contribution in [0.2, 0.25) is 0 Å². The summed E-state index contributed by atoms with van der Waals surface area (Å²) in [5.74, 6) is 2.05. The first kappa shape index (κ1) is 20.0. The molecule has 0 saturated heterocycles. The maximum atomic E-state index is 4.75. The molecule has 2 N–H and O–H groups in total. The third kappa shape index (κ3) is 5.33. The van der Waals surface area contributed by atoms with Gasteiger partial charge in [-0.15, -0.1) is 24.0 Å². The molecule has 138 valence electrons. The second kappa shape index (κ2) is 9.99. The van der Waals surface area contributed by atoms with Gasteiger partial charge in [-0.25, -0.2) is 4.98 Å². The van der Waals surface area contributed by atoms with Gasteiger partial charge in [0.2, 0.25) is 0 Å². The lowest BCUT2D eigenvalue weighted by Crippen LogP contribution is -2.42. The van der Waals surface area contributed by atoms with E-state index in [-0.39, 0.29) is 24.0 Å². The number of aromatic nitrogens is 2. The minimum absolute atomic E-state index is 0. The molecule has 0 spiro atoms. The molecule has 6 heteroatoms. The predicted molar refractivity (Wildman–Crippen MR) is 116 cm³/mol. The van der Waals surface area contributed by atoms with Gasteiger partial charge in [-0.1, -0.05) is 25.0 Å². The zero-order chi connectivity index (χ0) is 16.8. The number of hydrogen-bond acceptors (Lipinski definition) is 2. The topological polar surface area (TPSA) is 54.2 Å². The molecule has 3 rings (SSSR count). The van der Waals surface area contributed by atoms with Crippen LogP contribution in [0, 0.1) is 6.92 Å². The van der Waals surface area contributed by atoms with Crippen molar-refractivity contribution in [1.82, 2.24) is 20.2 Å². The van der Waals surface area contributed by atoms with Crippen LogP contribution in [0.3, 0.4) is 0 Å². The van der Waals surface area contributed by atoms with E-state index in [1.807, 2.05) is 6.07 Å². The molecule has 1 aromatic carbocycles. The number of nitrogens with zero attached hydrogens (tertiary/aromatic N) is 3. The summed E-state index contributed by atoms with van der Waals surface area (Å²) in [5.41, 5.74) is 2.30. The van der Waals surface area contributed by atoms with Gasteiger partial charge < -0.3 is 15.2 Å². The molecule has 0 radical (unpaired) electrons. The Bertz CT molecular complexity index is 688. The number of halogens is 1. The van der Waals surface area contributed by atoms with Gasteiger partial charge in [0.1, 0.15) is 5.82 Å². The van der Waals surface area contributed by atoms with Crippen molar-refractivity contribution in [2.45, 2.75) is 58.5 Å². The zero-order valence-electron chi connectivity index (χ0n) is 15.3. The largest absolute Gasteiger partial charge is 0.357 e. The minimum atomic E-state index is 0. The highest BCUT2D eigenvalue weighted by molar-refractivity contribution is 14.0. The third-order valence-corrected chi connectivity index (χ3v) is 4.70. The van der Waals surface area contributed by atoms with Gasteiger partial charge in [0.25, 0.3) is 0 Å². The van der Waals surface area contributed by atoms with Gasteiger partial charge in [0.05, 0.1) is 11.0 Å². The molecular formula is C19H30IN5. The van der Waals surface area contributed by atoms with E-state index in [9.17, 15) is 0 Å². The SMILES string of the molecule is CCNC(=NCCCn1c(C)nc2ccccc21)NC1CCCC1.I. The van der Waals surface area contributed by atoms with E-state index in [4.69, 9.17) is 4.99 Å². The molecule has 0 amide bonds. The lowest BCUT2D eigenvalue weighted by molar-refractivity contribution is 0.607. The molecule has 25 heavy (non-hydrogen) atoms. The van der Waals surface area contributed by atoms with Crippen molar-refractivity contribution in [3.8, 4) is 0 Å². The summed E-state index contributed by atoms with van der Waals surface area (Å²) < 4.78 is 2.29. The van der Waals surface area contributed by atoms with E-state index >= 15 is 0 Å². The van der Waals surface area contributed by atoms with Crippen LogP contribution >= 0.6 is 24.0 Å². The number of rotatable bonds is 6. The Hall–Kier alpha value is -1.31. The van der Waals surface area contributed by atoms with Gasteiger partial charge >= 0.3 is 0 Å². The van der Waals surface area contributed by atoms with Crippen LogP contribution < -0.4 is 10.6 Å². The van der Waals surface area contributed by atoms with Crippen molar-refractivity contribution in [1.29, 1.82) is 0 Å². The minimum Gasteiger partial charge on any atom is -0.357 e. The summed E-state index contributed by atoms with van der Waals surface area (Å²) in [4.78, 5) is 9.37. The maximum absolute atomic E-state index is 4.75. The molecule has 0 bridgehead atoms. The van der Waals surface area contributed by atoms with Crippen LogP contribution in [0.5, 0.6) is 0 Å². The molecule has 5 nitrogen and oxygen atoms in total. The van der Waals surface area contributed by atoms with E-state index < -0.39 is 0 Å². The summed E-state index contributed by atoms with van der Waals surface area (Å²) in [7, 11) is 0. The molecule has 0 atom stereocenters. The molecule has 1 aromatic heterocycles. The molecule has 0 unspecified atom stereocenters. The predicted octanol–water partition coefficient (Wildman–Crippen LogP) is 3.85. The zero-order valence-corrected chi connectivity index (χ0v) is 17.6. The lowest BCUT2D eigenvalue weighted by Gasteiger charge is -2.16. The highest BCUT2D eigenvalue weighted by Crippen LogP contribution is 2.17. The van der Waals surface area contributed by atoms with Crippen molar-refractivity contribution in [2.24, 2.45) is 4.99 Å². The number of para-hydroxylation sites is 2. The molecule has 1 aliphatic carbocycles. The fraction of sp³-hybridized carbons (Fsp3) is 0.579. The molecule has 1 aliphatic rings. The number of guanidine groups is 1. The first-order valence-electron chi connectivity index (χ1n) is 9.24. The van der Waals surface area contributed by atoms with E-state index in [1.54, 1.807) is 0 Å². The van der Waals surface area contributed by atoms with Gasteiger partial charge in [0, 0.05) is 25.7 Å². The molecular weight excluding hydrogens is 425 g/mol. The fourth-order valence-electron chi connectivity index (χ4n) is 3.48. The van der Waals surface area contributed by atoms with E-state index in [0.29, 0.717) is 6.04 Å². The van der Waals surface area contributed by atoms with Crippen molar-refractivity contribution in [3.05, 3.63) is 30.1 Å². The Morgan fingerprint density at radius 1 is 1.28 bits per heavy atom. The number of imidazole rings is 1. The monoisotopic (exact) mass is 455 g/mol. The van der Waals surface area contributed by atoms with Crippen molar-refractivity contribution < 1.29 is 0 Å². The second-order valence-corrected chi connectivity index (χ2v) is 6.54. The average Bonchev–Trinajstić information content (AvgIpc) is 3.19. The Balaban J connectivity index is 0.00000225. The van der Waals surface area contributed by atoms with Crippen molar-refractivity contribution in [2.75, 3.05) is 13.1 Å². The summed E-state index contributed by atoms with van der Waals surface area (Å²) in [6.07, 6.45) is 6.23. The van der Waals surface area contributed by atoms with E-state index in [1.165, 1.54) is 31.2 Å². The second-order valence-electron chi connectivity index (χ2n) is 6.54. The third-order valence-electron chi connectivity index (χ3n) is 4.70. The van der Waals surface area contributed by atoms with E-state index in [2.05, 4.69) is 52.2 Å². The standard InChI is InChI=1S/C19H29N5.HI/c1-3-20-19(23-16-9-4-5-10-16)21-13-8-14-24-15(2)22-17-11-6-7-12-18(17)24;/h6-7,11-12,16H,3-5,8-10,13-14H2,1-2H3,(H2,20,21,23);1H. The van der Waals surface area contributed by atoms with Gasteiger partial charge in [-0.05, 0) is 45.2 Å². The maximum Gasteiger partial charge on any atom is 0.191 e. The van der Waals surface area contributed by atoms with Crippen LogP contribution in [0.1, 0.15) is 44.9 Å². The van der Waals surface area contributed by atoms with Gasteiger partial charge in [0.15, 0.2) is 5.96 Å². The summed E-state index contributed by atoms with van der Waals surface area (Å²) >= 11 is 0. The van der Waals surface area contributed by atoms with Gasteiger partial charge in [-0.2, -0.15) is 0 Å². The lowest BCUT2D eigenvalue weighted by atomic mass is 10.2. The van der Waals surface area contributed by atoms with E-state index in [0.717, 1.165) is 43.4 Å². The quantitative estimate of drug-likeness (QED) is 0.301. The average molecular weight is 455 g/mol. The summed E-state index contributed by atoms with van der Waals surface area (Å²) in [6.45, 7) is 6.89. The van der Waals surface area contributed by atoms with Crippen LogP contribution in [-0.4, -0.2) is 34.6 Å². The van der Waals surface area contributed by atoms with Crippen LogP contribution in [0.15, 0.2) is 29.3 Å². The molecule has 2 aromatic rings. The normalized spacial score (nSPS) is 15.4. The highest BCUT2D eigenvalue weighted by Gasteiger charge is 2.15. The molecule has 1 fully saturated rings. The molecule has 1 saturated carbocycles. The smallest absolute Gasteiger partial charge is 0.191 e. The first-order valence-corrected chi connectivity index (χ1v) is 9.24. The van der Waals surface area contributed by atoms with Crippen LogP contribution in [0.25, 0.3) is 11.0 Å². The summed E-state index contributed by atoms with van der Waals surface area (Å²) in [6, 6.07) is 8.94. The Morgan fingerprint density at radius 2 is 2.04 bits per heavy atom. The van der Waals surface area contributed by atoms with Crippen molar-refractivity contribution in [3.63, 3.8) is 0 Å². The highest BCUT2D eigenvalue weighted by atomic mass is 127. The number of benzene rings is 1. The van der Waals surface area contributed by atoms with Crippen molar-refractivity contribution >= 4 is 41.0 Å². The number of aryl methyl sites for hydroxylation is 2.